The molecule has 1 aromatic rings. The quantitative estimate of drug-likeness (QED) is 0.635. The third-order valence-corrected chi connectivity index (χ3v) is 4.66. The number of carbonyl (C=O) groups excluding carboxylic acids is 2. The van der Waals surface area contributed by atoms with Crippen LogP contribution in [0.3, 0.4) is 0 Å². The Hall–Kier alpha value is -2.24. The second kappa shape index (κ2) is 9.30. The predicted octanol–water partition coefficient (Wildman–Crippen LogP) is 2.41. The first-order valence-electron chi connectivity index (χ1n) is 8.98. The van der Waals surface area contributed by atoms with Crippen LogP contribution in [0.2, 0.25) is 0 Å². The first-order valence-corrected chi connectivity index (χ1v) is 8.98. The summed E-state index contributed by atoms with van der Waals surface area (Å²) in [5.41, 5.74) is 4.97. The van der Waals surface area contributed by atoms with Crippen LogP contribution in [0, 0.1) is 5.41 Å². The molecule has 0 saturated heterocycles. The molecule has 0 bridgehead atoms. The van der Waals surface area contributed by atoms with E-state index in [9.17, 15) is 9.59 Å². The smallest absolute Gasteiger partial charge is 0.225 e. The molecule has 1 fully saturated rings. The van der Waals surface area contributed by atoms with Crippen LogP contribution in [0.1, 0.15) is 45.4 Å². The molecule has 1 saturated carbocycles. The number of nitrogens with one attached hydrogen (secondary N) is 1. The summed E-state index contributed by atoms with van der Waals surface area (Å²) in [5, 5.41) is 2.86. The zero-order chi connectivity index (χ0) is 18.1. The van der Waals surface area contributed by atoms with Crippen molar-refractivity contribution in [1.82, 2.24) is 5.32 Å². The van der Waals surface area contributed by atoms with E-state index in [1.807, 2.05) is 31.2 Å². The van der Waals surface area contributed by atoms with Gasteiger partial charge in [0.2, 0.25) is 11.8 Å². The van der Waals surface area contributed by atoms with E-state index in [1.165, 1.54) is 0 Å². The fraction of sp³-hybridized carbons (Fsp3) is 0.579. The maximum absolute atomic E-state index is 12.0. The van der Waals surface area contributed by atoms with Crippen molar-refractivity contribution in [3.8, 4) is 11.5 Å². The average molecular weight is 348 g/mol. The summed E-state index contributed by atoms with van der Waals surface area (Å²) in [5.74, 6) is 1.01. The number of primary amides is 1. The number of hydrogen-bond acceptors (Lipinski definition) is 4. The average Bonchev–Trinajstić information content (AvgIpc) is 3.09. The highest BCUT2D eigenvalue weighted by Crippen LogP contribution is 2.37. The largest absolute Gasteiger partial charge is 0.490 e. The lowest BCUT2D eigenvalue weighted by molar-refractivity contribution is -0.128. The molecule has 2 rings (SSSR count). The van der Waals surface area contributed by atoms with Crippen LogP contribution < -0.4 is 20.5 Å². The minimum Gasteiger partial charge on any atom is -0.490 e. The molecule has 3 N–H and O–H groups in total. The molecule has 138 valence electrons. The van der Waals surface area contributed by atoms with E-state index in [-0.39, 0.29) is 11.8 Å². The van der Waals surface area contributed by atoms with E-state index in [2.05, 4.69) is 5.32 Å². The van der Waals surface area contributed by atoms with Crippen LogP contribution in [0.4, 0.5) is 0 Å². The Balaban J connectivity index is 1.70. The Morgan fingerprint density at radius 1 is 1.16 bits per heavy atom. The SMILES string of the molecule is CCOc1ccccc1OCCCC(=O)NCC1(C(N)=O)CCCC1. The third-order valence-electron chi connectivity index (χ3n) is 4.66. The van der Waals surface area contributed by atoms with Gasteiger partial charge >= 0.3 is 0 Å². The molecule has 0 atom stereocenters. The molecule has 0 unspecified atom stereocenters. The Morgan fingerprint density at radius 2 is 1.80 bits per heavy atom. The van der Waals surface area contributed by atoms with Crippen molar-refractivity contribution in [1.29, 1.82) is 0 Å². The molecule has 1 aromatic carbocycles. The van der Waals surface area contributed by atoms with Gasteiger partial charge in [0.15, 0.2) is 11.5 Å². The van der Waals surface area contributed by atoms with Crippen LogP contribution in [-0.2, 0) is 9.59 Å². The first kappa shape index (κ1) is 19.1. The zero-order valence-corrected chi connectivity index (χ0v) is 14.9. The lowest BCUT2D eigenvalue weighted by Crippen LogP contribution is -2.44. The van der Waals surface area contributed by atoms with Gasteiger partial charge in [0.05, 0.1) is 18.6 Å². The Kier molecular flexibility index (Phi) is 7.10. The molecule has 0 radical (unpaired) electrons. The van der Waals surface area contributed by atoms with Crippen LogP contribution >= 0.6 is 0 Å². The number of nitrogens with two attached hydrogens (primary N) is 1. The normalized spacial score (nSPS) is 15.6. The number of para-hydroxylation sites is 2. The van der Waals surface area contributed by atoms with E-state index in [4.69, 9.17) is 15.2 Å². The highest BCUT2D eigenvalue weighted by Gasteiger charge is 2.39. The van der Waals surface area contributed by atoms with Gasteiger partial charge in [-0.15, -0.1) is 0 Å². The van der Waals surface area contributed by atoms with Crippen molar-refractivity contribution < 1.29 is 19.1 Å². The zero-order valence-electron chi connectivity index (χ0n) is 14.9. The van der Waals surface area contributed by atoms with Crippen LogP contribution in [-0.4, -0.2) is 31.6 Å². The Bertz CT molecular complexity index is 583. The number of benzene rings is 1. The Labute approximate surface area is 149 Å². The highest BCUT2D eigenvalue weighted by molar-refractivity contribution is 5.83. The second-order valence-electron chi connectivity index (χ2n) is 6.46. The number of hydrogen-bond donors (Lipinski definition) is 2. The van der Waals surface area contributed by atoms with Crippen molar-refractivity contribution in [3.05, 3.63) is 24.3 Å². The third kappa shape index (κ3) is 5.37. The topological polar surface area (TPSA) is 90.7 Å². The molecule has 25 heavy (non-hydrogen) atoms. The van der Waals surface area contributed by atoms with Crippen molar-refractivity contribution >= 4 is 11.8 Å². The van der Waals surface area contributed by atoms with E-state index in [0.29, 0.717) is 44.1 Å². The van der Waals surface area contributed by atoms with Gasteiger partial charge in [-0.1, -0.05) is 25.0 Å². The van der Waals surface area contributed by atoms with Gasteiger partial charge < -0.3 is 20.5 Å². The molecular weight excluding hydrogens is 320 g/mol. The molecule has 0 aliphatic heterocycles. The summed E-state index contributed by atoms with van der Waals surface area (Å²) in [6, 6.07) is 7.48. The van der Waals surface area contributed by atoms with Gasteiger partial charge in [0.25, 0.3) is 0 Å². The summed E-state index contributed by atoms with van der Waals surface area (Å²) in [6.45, 7) is 3.27. The summed E-state index contributed by atoms with van der Waals surface area (Å²) in [7, 11) is 0. The fourth-order valence-corrected chi connectivity index (χ4v) is 3.18. The molecule has 2 amide bonds. The van der Waals surface area contributed by atoms with E-state index < -0.39 is 5.41 Å². The minimum atomic E-state index is -0.553. The fourth-order valence-electron chi connectivity index (χ4n) is 3.18. The van der Waals surface area contributed by atoms with E-state index >= 15 is 0 Å². The van der Waals surface area contributed by atoms with Crippen LogP contribution in [0.5, 0.6) is 11.5 Å². The monoisotopic (exact) mass is 348 g/mol. The highest BCUT2D eigenvalue weighted by atomic mass is 16.5. The van der Waals surface area contributed by atoms with Crippen LogP contribution in [0.15, 0.2) is 24.3 Å². The van der Waals surface area contributed by atoms with Crippen molar-refractivity contribution in [3.63, 3.8) is 0 Å². The lowest BCUT2D eigenvalue weighted by atomic mass is 9.85. The second-order valence-corrected chi connectivity index (χ2v) is 6.46. The number of amides is 2. The standard InChI is InChI=1S/C19H28N2O4/c1-2-24-15-8-3-4-9-16(15)25-13-7-10-17(22)21-14-19(18(20)23)11-5-6-12-19/h3-4,8-9H,2,5-7,10-14H2,1H3,(H2,20,23)(H,21,22). The molecule has 1 aliphatic rings. The van der Waals surface area contributed by atoms with Gasteiger partial charge in [0, 0.05) is 13.0 Å². The number of ether oxygens (including phenoxy) is 2. The van der Waals surface area contributed by atoms with Gasteiger partial charge in [0.1, 0.15) is 0 Å². The summed E-state index contributed by atoms with van der Waals surface area (Å²) in [6.07, 6.45) is 4.46. The lowest BCUT2D eigenvalue weighted by Gasteiger charge is -2.25. The Morgan fingerprint density at radius 3 is 2.40 bits per heavy atom. The molecule has 0 spiro atoms. The maximum atomic E-state index is 12.0. The summed E-state index contributed by atoms with van der Waals surface area (Å²) in [4.78, 5) is 23.7. The molecule has 6 nitrogen and oxygen atoms in total. The van der Waals surface area contributed by atoms with Crippen molar-refractivity contribution in [2.45, 2.75) is 45.4 Å². The molecule has 0 heterocycles. The summed E-state index contributed by atoms with van der Waals surface area (Å²) >= 11 is 0. The molecule has 6 heteroatoms. The van der Waals surface area contributed by atoms with Gasteiger partial charge in [-0.3, -0.25) is 9.59 Å². The van der Waals surface area contributed by atoms with Crippen LogP contribution in [0.25, 0.3) is 0 Å². The number of carbonyl (C=O) groups is 2. The molecular formula is C19H28N2O4. The van der Waals surface area contributed by atoms with Gasteiger partial charge in [-0.2, -0.15) is 0 Å². The van der Waals surface area contributed by atoms with Crippen molar-refractivity contribution in [2.24, 2.45) is 11.1 Å². The molecule has 0 aromatic heterocycles. The predicted molar refractivity (Wildman–Crippen MR) is 95.4 cm³/mol. The maximum Gasteiger partial charge on any atom is 0.225 e. The first-order chi connectivity index (χ1) is 12.1. The number of rotatable bonds is 10. The molecule has 1 aliphatic carbocycles. The van der Waals surface area contributed by atoms with Crippen molar-refractivity contribution in [2.75, 3.05) is 19.8 Å². The van der Waals surface area contributed by atoms with Gasteiger partial charge in [-0.25, -0.2) is 0 Å². The summed E-state index contributed by atoms with van der Waals surface area (Å²) < 4.78 is 11.2. The van der Waals surface area contributed by atoms with Gasteiger partial charge in [-0.05, 0) is 38.3 Å². The van der Waals surface area contributed by atoms with E-state index in [1.54, 1.807) is 0 Å². The minimum absolute atomic E-state index is 0.0748. The van der Waals surface area contributed by atoms with E-state index in [0.717, 1.165) is 25.7 Å².